The Hall–Kier alpha value is -2.19. The molecule has 2 unspecified atom stereocenters. The van der Waals surface area contributed by atoms with Crippen molar-refractivity contribution in [2.45, 2.75) is 45.8 Å². The van der Waals surface area contributed by atoms with E-state index in [1.807, 2.05) is 6.92 Å². The first-order valence-corrected chi connectivity index (χ1v) is 9.77. The van der Waals surface area contributed by atoms with E-state index in [-0.39, 0.29) is 29.5 Å². The number of hydrogen-bond donors (Lipinski definition) is 3. The zero-order valence-corrected chi connectivity index (χ0v) is 16.6. The highest BCUT2D eigenvalue weighted by Gasteiger charge is 2.59. The van der Waals surface area contributed by atoms with Crippen molar-refractivity contribution >= 4 is 17.8 Å². The zero-order chi connectivity index (χ0) is 20.7. The van der Waals surface area contributed by atoms with Gasteiger partial charge in [0.05, 0.1) is 18.1 Å². The lowest BCUT2D eigenvalue weighted by molar-refractivity contribution is -0.163. The van der Waals surface area contributed by atoms with E-state index in [0.29, 0.717) is 24.6 Å². The molecule has 3 aliphatic rings. The predicted octanol–water partition coefficient (Wildman–Crippen LogP) is 0.544. The average molecular weight is 391 g/mol. The van der Waals surface area contributed by atoms with Crippen LogP contribution in [0.15, 0.2) is 23.5 Å². The number of allylic oxidation sites excluding steroid dienone is 1. The summed E-state index contributed by atoms with van der Waals surface area (Å²) in [4.78, 5) is 39.0. The Labute approximate surface area is 164 Å². The fourth-order valence-electron chi connectivity index (χ4n) is 4.97. The highest BCUT2D eigenvalue weighted by molar-refractivity contribution is 6.00. The molecule has 3 heterocycles. The van der Waals surface area contributed by atoms with Gasteiger partial charge in [-0.2, -0.15) is 0 Å². The topological polar surface area (TPSA) is 110 Å². The Morgan fingerprint density at radius 1 is 1.39 bits per heavy atom. The average Bonchev–Trinajstić information content (AvgIpc) is 3.08. The third-order valence-corrected chi connectivity index (χ3v) is 6.17. The number of carbonyl (C=O) groups excluding carboxylic acids is 2. The van der Waals surface area contributed by atoms with Gasteiger partial charge in [0.25, 0.3) is 0 Å². The van der Waals surface area contributed by atoms with Crippen LogP contribution in [-0.2, 0) is 14.4 Å². The van der Waals surface area contributed by atoms with Crippen LogP contribution < -0.4 is 5.32 Å². The molecule has 0 saturated carbocycles. The Bertz CT molecular complexity index is 744. The van der Waals surface area contributed by atoms with Crippen molar-refractivity contribution in [2.75, 3.05) is 19.6 Å². The first-order chi connectivity index (χ1) is 13.1. The number of nitrogens with zero attached hydrogens (tertiary/aromatic N) is 2. The second-order valence-electron chi connectivity index (χ2n) is 8.31. The number of likely N-dealkylation sites (tertiary alicyclic amines) is 1. The number of rotatable bonds is 7. The molecule has 2 saturated heterocycles. The van der Waals surface area contributed by atoms with Crippen molar-refractivity contribution in [3.8, 4) is 0 Å². The summed E-state index contributed by atoms with van der Waals surface area (Å²) in [7, 11) is 0. The number of nitrogens with one attached hydrogen (secondary N) is 1. The minimum absolute atomic E-state index is 0.0884. The molecule has 0 bridgehead atoms. The van der Waals surface area contributed by atoms with Gasteiger partial charge in [0.1, 0.15) is 5.70 Å². The first kappa shape index (κ1) is 20.5. The largest absolute Gasteiger partial charge is 0.477 e. The molecule has 28 heavy (non-hydrogen) atoms. The van der Waals surface area contributed by atoms with Crippen LogP contribution in [0.25, 0.3) is 0 Å². The third-order valence-electron chi connectivity index (χ3n) is 6.17. The van der Waals surface area contributed by atoms with E-state index in [9.17, 15) is 24.6 Å². The lowest BCUT2D eigenvalue weighted by Gasteiger charge is -2.46. The van der Waals surface area contributed by atoms with Gasteiger partial charge in [-0.1, -0.05) is 13.5 Å². The highest BCUT2D eigenvalue weighted by atomic mass is 16.4. The second-order valence-corrected chi connectivity index (χ2v) is 8.31. The van der Waals surface area contributed by atoms with E-state index in [1.54, 1.807) is 6.92 Å². The van der Waals surface area contributed by atoms with Crippen molar-refractivity contribution in [1.82, 2.24) is 15.1 Å². The fourth-order valence-corrected chi connectivity index (χ4v) is 4.97. The molecule has 2 fully saturated rings. The minimum atomic E-state index is -1.09. The molecule has 8 heteroatoms. The Balaban J connectivity index is 1.68. The Morgan fingerprint density at radius 2 is 2.07 bits per heavy atom. The molecule has 0 aromatic heterocycles. The molecule has 0 spiro atoms. The lowest BCUT2D eigenvalue weighted by atomic mass is 9.77. The summed E-state index contributed by atoms with van der Waals surface area (Å²) in [6.45, 7) is 11.0. The molecule has 0 aromatic rings. The monoisotopic (exact) mass is 391 g/mol. The molecule has 0 aromatic carbocycles. The van der Waals surface area contributed by atoms with Crippen LogP contribution in [0, 0.1) is 17.8 Å². The number of hydrogen-bond acceptors (Lipinski definition) is 5. The van der Waals surface area contributed by atoms with E-state index in [2.05, 4.69) is 16.8 Å². The fraction of sp³-hybridized carbons (Fsp3) is 0.650. The number of carboxylic acids is 1. The molecule has 3 N–H and O–H groups in total. The van der Waals surface area contributed by atoms with Crippen molar-refractivity contribution in [1.29, 1.82) is 0 Å². The molecule has 0 radical (unpaired) electrons. The standard InChI is InChI=1S/C20H29N3O5/c1-10(21-13(4)25)7-14-5-6-22(8-14)9-15-11(2)17-16(12(3)24)19(26)23(17)18(15)20(27)28/h11-12,14,16-17,24H,1,5-9H2,2-4H3,(H,21,25)(H,27,28)/t11-,12+,14+,16?,17?/m0/s1. The number of β-lactam (4-membered cyclic amide) rings is 1. The van der Waals surface area contributed by atoms with Gasteiger partial charge in [0, 0.05) is 31.6 Å². The maximum absolute atomic E-state index is 12.4. The van der Waals surface area contributed by atoms with Crippen molar-refractivity contribution in [2.24, 2.45) is 17.8 Å². The third kappa shape index (κ3) is 3.58. The Kier molecular flexibility index (Phi) is 5.63. The molecule has 8 nitrogen and oxygen atoms in total. The molecule has 3 rings (SSSR count). The summed E-state index contributed by atoms with van der Waals surface area (Å²) in [5, 5.41) is 22.4. The van der Waals surface area contributed by atoms with Gasteiger partial charge in [0.15, 0.2) is 0 Å². The summed E-state index contributed by atoms with van der Waals surface area (Å²) < 4.78 is 0. The summed E-state index contributed by atoms with van der Waals surface area (Å²) in [5.74, 6) is -1.79. The maximum Gasteiger partial charge on any atom is 0.352 e. The SMILES string of the molecule is C=C(C[C@H]1CCN(CC2=C(C(=O)O)N3C(=O)C([C@@H](C)O)C3[C@H]2C)C1)NC(C)=O. The number of aliphatic hydroxyl groups is 1. The number of aliphatic hydroxyl groups excluding tert-OH is 1. The zero-order valence-electron chi connectivity index (χ0n) is 16.6. The van der Waals surface area contributed by atoms with E-state index in [4.69, 9.17) is 0 Å². The summed E-state index contributed by atoms with van der Waals surface area (Å²) in [6.07, 6.45) is 0.861. The smallest absolute Gasteiger partial charge is 0.352 e. The first-order valence-electron chi connectivity index (χ1n) is 9.77. The van der Waals surface area contributed by atoms with Crippen molar-refractivity contribution in [3.63, 3.8) is 0 Å². The van der Waals surface area contributed by atoms with E-state index in [0.717, 1.165) is 25.1 Å². The van der Waals surface area contributed by atoms with Crippen LogP contribution in [0.2, 0.25) is 0 Å². The number of amides is 2. The summed E-state index contributed by atoms with van der Waals surface area (Å²) >= 11 is 0. The van der Waals surface area contributed by atoms with Crippen molar-refractivity contribution < 1.29 is 24.6 Å². The van der Waals surface area contributed by atoms with Crippen LogP contribution in [0.1, 0.15) is 33.6 Å². The quantitative estimate of drug-likeness (QED) is 0.547. The van der Waals surface area contributed by atoms with Crippen LogP contribution in [0.3, 0.4) is 0 Å². The van der Waals surface area contributed by atoms with Gasteiger partial charge in [-0.3, -0.25) is 14.5 Å². The lowest BCUT2D eigenvalue weighted by Crippen LogP contribution is -2.63. The number of fused-ring (bicyclic) bond motifs is 1. The molecule has 3 aliphatic heterocycles. The molecular formula is C20H29N3O5. The summed E-state index contributed by atoms with van der Waals surface area (Å²) in [5.41, 5.74) is 1.55. The van der Waals surface area contributed by atoms with Crippen LogP contribution in [0.4, 0.5) is 0 Å². The maximum atomic E-state index is 12.4. The van der Waals surface area contributed by atoms with E-state index < -0.39 is 18.0 Å². The normalized spacial score (nSPS) is 30.9. The van der Waals surface area contributed by atoms with Crippen molar-refractivity contribution in [3.05, 3.63) is 23.5 Å². The van der Waals surface area contributed by atoms with Crippen LogP contribution in [-0.4, -0.2) is 69.6 Å². The Morgan fingerprint density at radius 3 is 2.64 bits per heavy atom. The molecule has 154 valence electrons. The second kappa shape index (κ2) is 7.67. The predicted molar refractivity (Wildman–Crippen MR) is 102 cm³/mol. The highest BCUT2D eigenvalue weighted by Crippen LogP contribution is 2.47. The minimum Gasteiger partial charge on any atom is -0.477 e. The van der Waals surface area contributed by atoms with E-state index in [1.165, 1.54) is 11.8 Å². The number of aliphatic carboxylic acids is 1. The summed E-state index contributed by atoms with van der Waals surface area (Å²) in [6, 6.07) is -0.272. The van der Waals surface area contributed by atoms with Crippen LogP contribution in [0.5, 0.6) is 0 Å². The molecule has 5 atom stereocenters. The number of carboxylic acid groups (broad SMARTS) is 1. The van der Waals surface area contributed by atoms with E-state index >= 15 is 0 Å². The molecule has 0 aliphatic carbocycles. The van der Waals surface area contributed by atoms with Gasteiger partial charge < -0.3 is 20.4 Å². The molecule has 2 amide bonds. The van der Waals surface area contributed by atoms with Crippen LogP contribution >= 0.6 is 0 Å². The molecular weight excluding hydrogens is 362 g/mol. The van der Waals surface area contributed by atoms with Gasteiger partial charge >= 0.3 is 5.97 Å². The van der Waals surface area contributed by atoms with Gasteiger partial charge in [-0.25, -0.2) is 4.79 Å². The van der Waals surface area contributed by atoms with Gasteiger partial charge in [-0.05, 0) is 37.8 Å². The van der Waals surface area contributed by atoms with Gasteiger partial charge in [0.2, 0.25) is 11.8 Å². The number of carbonyl (C=O) groups is 3. The van der Waals surface area contributed by atoms with Gasteiger partial charge in [-0.15, -0.1) is 0 Å².